The topological polar surface area (TPSA) is 57.8 Å². The Morgan fingerprint density at radius 1 is 0.731 bits per heavy atom. The van der Waals surface area contributed by atoms with Gasteiger partial charge in [0, 0.05) is 17.0 Å². The highest BCUT2D eigenvalue weighted by molar-refractivity contribution is 6.15. The normalized spacial score (nSPS) is 10.8. The Kier molecular flexibility index (Phi) is 5.54. The highest BCUT2D eigenvalue weighted by Crippen LogP contribution is 2.43. The standard InChI is InChI=1S/C19H13N3O.C3H8/c23-19-16-10-4-2-8-14(16)13-7-1-3-9-15(13)18(19)22-21-17-11-5-6-12-20-17;1-3-2/h1-12,23H;3H2,1-2H3. The smallest absolute Gasteiger partial charge is 0.174 e. The van der Waals surface area contributed by atoms with Crippen LogP contribution in [-0.4, -0.2) is 10.1 Å². The minimum atomic E-state index is 0.138. The SMILES string of the molecule is CCC.Oc1c(N=Nc2ccccn2)c2ccccc2c2ccccc12. The van der Waals surface area contributed by atoms with E-state index < -0.39 is 0 Å². The third kappa shape index (κ3) is 3.54. The number of hydrogen-bond acceptors (Lipinski definition) is 4. The molecule has 0 saturated carbocycles. The minimum Gasteiger partial charge on any atom is -0.505 e. The predicted molar refractivity (Wildman–Crippen MR) is 107 cm³/mol. The summed E-state index contributed by atoms with van der Waals surface area (Å²) < 4.78 is 0. The lowest BCUT2D eigenvalue weighted by atomic mass is 9.99. The summed E-state index contributed by atoms with van der Waals surface area (Å²) in [6.07, 6.45) is 2.91. The molecule has 26 heavy (non-hydrogen) atoms. The van der Waals surface area contributed by atoms with Crippen molar-refractivity contribution in [2.75, 3.05) is 0 Å². The summed E-state index contributed by atoms with van der Waals surface area (Å²) in [7, 11) is 0. The molecule has 0 fully saturated rings. The van der Waals surface area contributed by atoms with E-state index in [-0.39, 0.29) is 5.75 Å². The third-order valence-electron chi connectivity index (χ3n) is 3.78. The van der Waals surface area contributed by atoms with E-state index in [2.05, 4.69) is 29.1 Å². The highest BCUT2D eigenvalue weighted by atomic mass is 16.3. The molecule has 0 atom stereocenters. The summed E-state index contributed by atoms with van der Waals surface area (Å²) in [4.78, 5) is 4.12. The first kappa shape index (κ1) is 17.5. The van der Waals surface area contributed by atoms with E-state index in [4.69, 9.17) is 0 Å². The van der Waals surface area contributed by atoms with Gasteiger partial charge in [0.1, 0.15) is 5.69 Å². The summed E-state index contributed by atoms with van der Waals surface area (Å²) in [5.74, 6) is 0.642. The molecule has 3 aromatic carbocycles. The zero-order chi connectivity index (χ0) is 18.4. The zero-order valence-corrected chi connectivity index (χ0v) is 14.9. The molecule has 0 aliphatic rings. The van der Waals surface area contributed by atoms with Crippen molar-refractivity contribution >= 4 is 33.1 Å². The molecule has 0 saturated heterocycles. The highest BCUT2D eigenvalue weighted by Gasteiger charge is 2.12. The number of aromatic nitrogens is 1. The fourth-order valence-electron chi connectivity index (χ4n) is 2.72. The molecular formula is C22H21N3O. The van der Waals surface area contributed by atoms with Crippen LogP contribution in [0, 0.1) is 0 Å². The van der Waals surface area contributed by atoms with E-state index in [0.29, 0.717) is 11.5 Å². The maximum atomic E-state index is 10.7. The number of phenolic OH excluding ortho intramolecular Hbond substituents is 1. The lowest BCUT2D eigenvalue weighted by molar-refractivity contribution is 0.483. The number of pyridine rings is 1. The Morgan fingerprint density at radius 3 is 1.88 bits per heavy atom. The lowest BCUT2D eigenvalue weighted by Gasteiger charge is -2.09. The zero-order valence-electron chi connectivity index (χ0n) is 14.9. The van der Waals surface area contributed by atoms with Gasteiger partial charge in [0.15, 0.2) is 11.6 Å². The molecule has 4 heteroatoms. The van der Waals surface area contributed by atoms with Crippen LogP contribution in [0.25, 0.3) is 21.5 Å². The summed E-state index contributed by atoms with van der Waals surface area (Å²) in [5, 5.41) is 22.7. The van der Waals surface area contributed by atoms with E-state index in [1.165, 1.54) is 6.42 Å². The maximum Gasteiger partial charge on any atom is 0.174 e. The van der Waals surface area contributed by atoms with Crippen molar-refractivity contribution in [3.8, 4) is 5.75 Å². The summed E-state index contributed by atoms with van der Waals surface area (Å²) in [6, 6.07) is 21.0. The number of azo groups is 1. The van der Waals surface area contributed by atoms with Crippen LogP contribution in [0.2, 0.25) is 0 Å². The first-order valence-electron chi connectivity index (χ1n) is 8.71. The van der Waals surface area contributed by atoms with E-state index >= 15 is 0 Å². The van der Waals surface area contributed by atoms with Crippen LogP contribution in [0.5, 0.6) is 5.75 Å². The Labute approximate surface area is 152 Å². The first-order valence-corrected chi connectivity index (χ1v) is 8.71. The predicted octanol–water partition coefficient (Wildman–Crippen LogP) is 6.93. The molecule has 0 radical (unpaired) electrons. The molecule has 0 aliphatic carbocycles. The maximum absolute atomic E-state index is 10.7. The molecule has 1 aromatic heterocycles. The van der Waals surface area contributed by atoms with Crippen LogP contribution in [-0.2, 0) is 0 Å². The Hall–Kier alpha value is -3.27. The average molecular weight is 343 g/mol. The van der Waals surface area contributed by atoms with Crippen molar-refractivity contribution in [2.45, 2.75) is 20.3 Å². The molecule has 4 nitrogen and oxygen atoms in total. The minimum absolute atomic E-state index is 0.138. The molecule has 130 valence electrons. The molecule has 4 rings (SSSR count). The molecule has 1 N–H and O–H groups in total. The number of aromatic hydroxyl groups is 1. The van der Waals surface area contributed by atoms with E-state index in [1.54, 1.807) is 12.3 Å². The molecule has 0 unspecified atom stereocenters. The molecule has 4 aromatic rings. The fourth-order valence-corrected chi connectivity index (χ4v) is 2.72. The van der Waals surface area contributed by atoms with Gasteiger partial charge in [0.2, 0.25) is 0 Å². The van der Waals surface area contributed by atoms with Gasteiger partial charge < -0.3 is 5.11 Å². The van der Waals surface area contributed by atoms with Crippen LogP contribution >= 0.6 is 0 Å². The van der Waals surface area contributed by atoms with Crippen molar-refractivity contribution in [1.82, 2.24) is 4.98 Å². The van der Waals surface area contributed by atoms with E-state index in [9.17, 15) is 5.11 Å². The van der Waals surface area contributed by atoms with Gasteiger partial charge in [-0.15, -0.1) is 10.2 Å². The Balaban J connectivity index is 0.000000613. The van der Waals surface area contributed by atoms with Gasteiger partial charge in [-0.2, -0.15) is 0 Å². The summed E-state index contributed by atoms with van der Waals surface area (Å²) >= 11 is 0. The van der Waals surface area contributed by atoms with E-state index in [0.717, 1.165) is 21.5 Å². The van der Waals surface area contributed by atoms with Crippen LogP contribution < -0.4 is 0 Å². The van der Waals surface area contributed by atoms with Gasteiger partial charge in [-0.1, -0.05) is 74.9 Å². The van der Waals surface area contributed by atoms with Crippen molar-refractivity contribution in [2.24, 2.45) is 10.2 Å². The fraction of sp³-hybridized carbons (Fsp3) is 0.136. The van der Waals surface area contributed by atoms with Crippen LogP contribution in [0.3, 0.4) is 0 Å². The van der Waals surface area contributed by atoms with E-state index in [1.807, 2.05) is 60.7 Å². The summed E-state index contributed by atoms with van der Waals surface area (Å²) in [5.41, 5.74) is 0.463. The number of fused-ring (bicyclic) bond motifs is 3. The molecule has 0 spiro atoms. The van der Waals surface area contributed by atoms with Crippen molar-refractivity contribution in [3.63, 3.8) is 0 Å². The molecule has 1 heterocycles. The average Bonchev–Trinajstić information content (AvgIpc) is 2.69. The number of phenols is 1. The first-order chi connectivity index (χ1) is 12.8. The second-order valence-electron chi connectivity index (χ2n) is 5.88. The lowest BCUT2D eigenvalue weighted by Crippen LogP contribution is -1.81. The second-order valence-corrected chi connectivity index (χ2v) is 5.88. The number of benzene rings is 3. The number of nitrogens with zero attached hydrogens (tertiary/aromatic N) is 3. The summed E-state index contributed by atoms with van der Waals surface area (Å²) in [6.45, 7) is 4.25. The molecular weight excluding hydrogens is 322 g/mol. The number of rotatable bonds is 2. The quantitative estimate of drug-likeness (QED) is 0.317. The van der Waals surface area contributed by atoms with Crippen molar-refractivity contribution < 1.29 is 5.11 Å². The molecule has 0 aliphatic heterocycles. The largest absolute Gasteiger partial charge is 0.505 e. The third-order valence-corrected chi connectivity index (χ3v) is 3.78. The van der Waals surface area contributed by atoms with Gasteiger partial charge in [-0.25, -0.2) is 4.98 Å². The van der Waals surface area contributed by atoms with Gasteiger partial charge in [-0.3, -0.25) is 0 Å². The van der Waals surface area contributed by atoms with Gasteiger partial charge in [-0.05, 0) is 22.9 Å². The molecule has 0 bridgehead atoms. The Bertz CT molecular complexity index is 1040. The van der Waals surface area contributed by atoms with Crippen LogP contribution in [0.4, 0.5) is 11.5 Å². The monoisotopic (exact) mass is 343 g/mol. The molecule has 0 amide bonds. The van der Waals surface area contributed by atoms with Gasteiger partial charge in [0.05, 0.1) is 0 Å². The van der Waals surface area contributed by atoms with Gasteiger partial charge >= 0.3 is 0 Å². The second kappa shape index (κ2) is 8.21. The van der Waals surface area contributed by atoms with Crippen molar-refractivity contribution in [3.05, 3.63) is 72.9 Å². The van der Waals surface area contributed by atoms with Crippen LogP contribution in [0.1, 0.15) is 20.3 Å². The van der Waals surface area contributed by atoms with Crippen molar-refractivity contribution in [1.29, 1.82) is 0 Å². The van der Waals surface area contributed by atoms with Crippen LogP contribution in [0.15, 0.2) is 83.2 Å². The Morgan fingerprint density at radius 2 is 1.27 bits per heavy atom. The number of hydrogen-bond donors (Lipinski definition) is 1. The van der Waals surface area contributed by atoms with Gasteiger partial charge in [0.25, 0.3) is 0 Å².